The van der Waals surface area contributed by atoms with Crippen LogP contribution in [0.3, 0.4) is 0 Å². The topological polar surface area (TPSA) is 164 Å². The van der Waals surface area contributed by atoms with Gasteiger partial charge in [0, 0.05) is 16.8 Å². The number of aliphatic hydroxyl groups is 1. The predicted molar refractivity (Wildman–Crippen MR) is 189 cm³/mol. The molecule has 5 rings (SSSR count). The van der Waals surface area contributed by atoms with Crippen molar-refractivity contribution in [3.63, 3.8) is 0 Å². The number of aliphatic hydroxyl groups excluding tert-OH is 1. The highest BCUT2D eigenvalue weighted by Gasteiger charge is 2.43. The zero-order valence-electron chi connectivity index (χ0n) is 28.9. The Morgan fingerprint density at radius 3 is 2.27 bits per heavy atom. The summed E-state index contributed by atoms with van der Waals surface area (Å²) in [5, 5.41) is 21.5. The van der Waals surface area contributed by atoms with Gasteiger partial charge < -0.3 is 26.8 Å². The summed E-state index contributed by atoms with van der Waals surface area (Å²) < 4.78 is 0. The minimum atomic E-state index is -1.29. The molecular formula is C39H51N5O5. The van der Waals surface area contributed by atoms with Crippen LogP contribution in [0.1, 0.15) is 88.2 Å². The van der Waals surface area contributed by atoms with Gasteiger partial charge in [-0.15, -0.1) is 0 Å². The van der Waals surface area contributed by atoms with Gasteiger partial charge in [-0.25, -0.2) is 4.98 Å². The Balaban J connectivity index is 1.35. The zero-order chi connectivity index (χ0) is 35.1. The van der Waals surface area contributed by atoms with Crippen molar-refractivity contribution < 1.29 is 24.3 Å². The van der Waals surface area contributed by atoms with Crippen LogP contribution in [0.15, 0.2) is 66.7 Å². The molecule has 7 atom stereocenters. The number of para-hydroxylation sites is 1. The fraction of sp³-hybridized carbons (Fsp3) is 0.513. The van der Waals surface area contributed by atoms with Crippen LogP contribution in [0.2, 0.25) is 0 Å². The number of amides is 4. The van der Waals surface area contributed by atoms with E-state index in [1.54, 1.807) is 18.2 Å². The molecule has 3 aromatic rings. The normalized spacial score (nSPS) is 22.6. The number of benzene rings is 2. The van der Waals surface area contributed by atoms with Gasteiger partial charge in [0.05, 0.1) is 24.1 Å². The third-order valence-electron chi connectivity index (χ3n) is 10.1. The van der Waals surface area contributed by atoms with Crippen LogP contribution in [0.5, 0.6) is 0 Å². The maximum Gasteiger partial charge on any atom is 0.270 e. The second-order valence-corrected chi connectivity index (χ2v) is 15.1. The molecular weight excluding hydrogens is 618 g/mol. The number of carbonyl (C=O) groups is 4. The minimum Gasteiger partial charge on any atom is -0.391 e. The van der Waals surface area contributed by atoms with Crippen molar-refractivity contribution in [1.29, 1.82) is 0 Å². The Hall–Kier alpha value is -4.31. The summed E-state index contributed by atoms with van der Waals surface area (Å²) in [6.45, 7) is 5.93. The van der Waals surface area contributed by atoms with E-state index < -0.39 is 42.3 Å². The van der Waals surface area contributed by atoms with Crippen LogP contribution in [-0.4, -0.2) is 57.4 Å². The Morgan fingerprint density at radius 2 is 1.57 bits per heavy atom. The largest absolute Gasteiger partial charge is 0.391 e. The molecule has 2 saturated carbocycles. The first-order chi connectivity index (χ1) is 23.4. The molecule has 0 radical (unpaired) electrons. The molecule has 0 saturated heterocycles. The number of nitrogens with zero attached hydrogens (tertiary/aromatic N) is 1. The molecule has 2 aliphatic rings. The van der Waals surface area contributed by atoms with Crippen LogP contribution >= 0.6 is 0 Å². The van der Waals surface area contributed by atoms with E-state index in [-0.39, 0.29) is 29.0 Å². The second kappa shape index (κ2) is 15.9. The van der Waals surface area contributed by atoms with E-state index in [4.69, 9.17) is 5.73 Å². The number of rotatable bonds is 12. The van der Waals surface area contributed by atoms with Gasteiger partial charge in [0.15, 0.2) is 0 Å². The van der Waals surface area contributed by atoms with E-state index in [1.165, 1.54) is 12.8 Å². The van der Waals surface area contributed by atoms with Gasteiger partial charge >= 0.3 is 0 Å². The Kier molecular flexibility index (Phi) is 11.7. The lowest BCUT2D eigenvalue weighted by Gasteiger charge is -2.45. The molecule has 6 N–H and O–H groups in total. The summed E-state index contributed by atoms with van der Waals surface area (Å²) in [7, 11) is 0. The number of nitrogens with one attached hydrogen (secondary N) is 3. The van der Waals surface area contributed by atoms with E-state index in [0.717, 1.165) is 36.6 Å². The first kappa shape index (κ1) is 36.0. The lowest BCUT2D eigenvalue weighted by Crippen LogP contribution is -2.55. The first-order valence-corrected chi connectivity index (χ1v) is 17.7. The fourth-order valence-electron chi connectivity index (χ4n) is 7.76. The highest BCUT2D eigenvalue weighted by molar-refractivity contribution is 5.99. The highest BCUT2D eigenvalue weighted by Crippen LogP contribution is 2.47. The first-order valence-electron chi connectivity index (χ1n) is 17.7. The maximum absolute atomic E-state index is 13.8. The molecule has 10 nitrogen and oxygen atoms in total. The number of carbonyl (C=O) groups excluding carboxylic acids is 4. The third-order valence-corrected chi connectivity index (χ3v) is 10.1. The molecule has 2 fully saturated rings. The monoisotopic (exact) mass is 669 g/mol. The number of hydrogen-bond acceptors (Lipinski definition) is 6. The average molecular weight is 670 g/mol. The van der Waals surface area contributed by atoms with Gasteiger partial charge in [0.1, 0.15) is 11.7 Å². The van der Waals surface area contributed by atoms with Gasteiger partial charge in [-0.2, -0.15) is 0 Å². The van der Waals surface area contributed by atoms with Gasteiger partial charge in [-0.05, 0) is 81.9 Å². The Labute approximate surface area is 289 Å². The van der Waals surface area contributed by atoms with Gasteiger partial charge in [-0.1, -0.05) is 80.3 Å². The SMILES string of the molecule is CC(C)(C)NC(=O)[C@@H]1C[C@@H]2CCCC[C@@H]2CC1C[C@@H](O)[C@H](Cc1ccccc1)NC(=O)C(CC(N)=O)NC(=O)c1ccc2ccccc2n1. The van der Waals surface area contributed by atoms with E-state index in [9.17, 15) is 24.3 Å². The molecule has 10 heteroatoms. The lowest BCUT2D eigenvalue weighted by molar-refractivity contribution is -0.132. The number of nitrogens with two attached hydrogens (primary N) is 1. The van der Waals surface area contributed by atoms with Crippen molar-refractivity contribution in [3.05, 3.63) is 78.0 Å². The second-order valence-electron chi connectivity index (χ2n) is 15.1. The average Bonchev–Trinajstić information content (AvgIpc) is 3.06. The summed E-state index contributed by atoms with van der Waals surface area (Å²) >= 11 is 0. The van der Waals surface area contributed by atoms with E-state index in [1.807, 2.05) is 69.3 Å². The minimum absolute atomic E-state index is 0.0175. The van der Waals surface area contributed by atoms with Gasteiger partial charge in [0.2, 0.25) is 17.7 Å². The smallest absolute Gasteiger partial charge is 0.270 e. The van der Waals surface area contributed by atoms with Crippen LogP contribution < -0.4 is 21.7 Å². The molecule has 1 heterocycles. The van der Waals surface area contributed by atoms with Crippen molar-refractivity contribution in [2.75, 3.05) is 0 Å². The van der Waals surface area contributed by atoms with Crippen LogP contribution in [-0.2, 0) is 20.8 Å². The predicted octanol–water partition coefficient (Wildman–Crippen LogP) is 4.43. The zero-order valence-corrected chi connectivity index (χ0v) is 28.9. The number of pyridine rings is 1. The summed E-state index contributed by atoms with van der Waals surface area (Å²) in [4.78, 5) is 57.3. The molecule has 0 bridgehead atoms. The number of fused-ring (bicyclic) bond motifs is 2. The molecule has 2 aliphatic carbocycles. The molecule has 0 aliphatic heterocycles. The lowest BCUT2D eigenvalue weighted by atomic mass is 9.62. The van der Waals surface area contributed by atoms with Crippen molar-refractivity contribution in [2.45, 2.75) is 102 Å². The van der Waals surface area contributed by atoms with Crippen molar-refractivity contribution in [1.82, 2.24) is 20.9 Å². The molecule has 0 spiro atoms. The number of hydrogen-bond donors (Lipinski definition) is 5. The maximum atomic E-state index is 13.8. The molecule has 262 valence electrons. The van der Waals surface area contributed by atoms with Crippen LogP contribution in [0.25, 0.3) is 10.9 Å². The standard InChI is InChI=1S/C39H51N5O5/c1-39(2,3)44-36(47)29-21-27-15-8-7-14-26(27)20-28(29)22-34(45)32(19-24-11-5-4-6-12-24)42-38(49)33(23-35(40)46)43-37(48)31-18-17-25-13-9-10-16-30(25)41-31/h4-6,9-13,16-18,26-29,32-34,45H,7-8,14-15,19-23H2,1-3H3,(H2,40,46)(H,42,49)(H,43,48)(H,44,47)/t26-,27+,28?,29-,32+,33?,34-/m1/s1. The summed E-state index contributed by atoms with van der Waals surface area (Å²) in [5.74, 6) is -1.27. The number of aromatic nitrogens is 1. The van der Waals surface area contributed by atoms with Crippen molar-refractivity contribution in [2.24, 2.45) is 29.4 Å². The highest BCUT2D eigenvalue weighted by atomic mass is 16.3. The third kappa shape index (κ3) is 9.88. The van der Waals surface area contributed by atoms with Crippen molar-refractivity contribution in [3.8, 4) is 0 Å². The molecule has 2 unspecified atom stereocenters. The van der Waals surface area contributed by atoms with Crippen LogP contribution in [0, 0.1) is 23.7 Å². The Bertz CT molecular complexity index is 1620. The molecule has 4 amide bonds. The van der Waals surface area contributed by atoms with E-state index in [0.29, 0.717) is 30.2 Å². The Morgan fingerprint density at radius 1 is 0.898 bits per heavy atom. The van der Waals surface area contributed by atoms with Gasteiger partial charge in [-0.3, -0.25) is 19.2 Å². The van der Waals surface area contributed by atoms with Crippen LogP contribution in [0.4, 0.5) is 0 Å². The summed E-state index contributed by atoms with van der Waals surface area (Å²) in [5.41, 5.74) is 6.77. The van der Waals surface area contributed by atoms with E-state index >= 15 is 0 Å². The van der Waals surface area contributed by atoms with E-state index in [2.05, 4.69) is 20.9 Å². The summed E-state index contributed by atoms with van der Waals surface area (Å²) in [6.07, 6.45) is 5.52. The molecule has 49 heavy (non-hydrogen) atoms. The van der Waals surface area contributed by atoms with Gasteiger partial charge in [0.25, 0.3) is 5.91 Å². The molecule has 1 aromatic heterocycles. The fourth-order valence-corrected chi connectivity index (χ4v) is 7.76. The van der Waals surface area contributed by atoms with Crippen molar-refractivity contribution >= 4 is 34.5 Å². The summed E-state index contributed by atoms with van der Waals surface area (Å²) in [6, 6.07) is 18.2. The number of primary amides is 1. The quantitative estimate of drug-likeness (QED) is 0.192. The molecule has 2 aromatic carbocycles.